The molecule has 0 radical (unpaired) electrons. The van der Waals surface area contributed by atoms with Crippen LogP contribution >= 0.6 is 0 Å². The lowest BCUT2D eigenvalue weighted by Crippen LogP contribution is -2.22. The molecule has 0 nitrogen and oxygen atoms in total. The summed E-state index contributed by atoms with van der Waals surface area (Å²) < 4.78 is 0. The molecule has 0 rings (SSSR count). The topological polar surface area (TPSA) is 0 Å². The van der Waals surface area contributed by atoms with Gasteiger partial charge in [0.2, 0.25) is 0 Å². The first-order valence-electron chi connectivity index (χ1n) is 9.62. The summed E-state index contributed by atoms with van der Waals surface area (Å²) in [5.74, 6) is 0.590. The van der Waals surface area contributed by atoms with E-state index in [9.17, 15) is 0 Å². The van der Waals surface area contributed by atoms with Gasteiger partial charge in [0, 0.05) is 0 Å². The molecule has 1 atom stereocenters. The molecule has 0 aromatic carbocycles. The van der Waals surface area contributed by atoms with Crippen LogP contribution in [0.5, 0.6) is 0 Å². The van der Waals surface area contributed by atoms with Crippen molar-refractivity contribution in [3.05, 3.63) is 41.7 Å². The van der Waals surface area contributed by atoms with E-state index in [1.165, 1.54) is 51.4 Å². The molecule has 0 bridgehead atoms. The van der Waals surface area contributed by atoms with Crippen LogP contribution in [0.15, 0.2) is 41.7 Å². The monoisotopic (exact) mass is 316 g/mol. The molecule has 0 saturated carbocycles. The van der Waals surface area contributed by atoms with Gasteiger partial charge < -0.3 is 0 Å². The van der Waals surface area contributed by atoms with Crippen molar-refractivity contribution in [3.63, 3.8) is 0 Å². The summed E-state index contributed by atoms with van der Waals surface area (Å²) in [6.07, 6.45) is 17.2. The van der Waals surface area contributed by atoms with Crippen molar-refractivity contribution in [3.8, 4) is 0 Å². The fourth-order valence-electron chi connectivity index (χ4n) is 3.29. The average Bonchev–Trinajstić information content (AvgIpc) is 2.52. The summed E-state index contributed by atoms with van der Waals surface area (Å²) in [5.41, 5.74) is 6.18. The van der Waals surface area contributed by atoms with Crippen LogP contribution in [0, 0.1) is 11.3 Å². The molecule has 0 aliphatic rings. The normalized spacial score (nSPS) is 13.4. The van der Waals surface area contributed by atoms with Gasteiger partial charge in [-0.3, -0.25) is 0 Å². The Balaban J connectivity index is 4.60. The van der Waals surface area contributed by atoms with Gasteiger partial charge in [0.1, 0.15) is 0 Å². The van der Waals surface area contributed by atoms with E-state index >= 15 is 0 Å². The van der Waals surface area contributed by atoms with E-state index < -0.39 is 0 Å². The first-order valence-corrected chi connectivity index (χ1v) is 9.62. The minimum atomic E-state index is 0.140. The fourth-order valence-corrected chi connectivity index (χ4v) is 3.29. The zero-order valence-corrected chi connectivity index (χ0v) is 16.7. The lowest BCUT2D eigenvalue weighted by Gasteiger charge is -2.31. The maximum Gasteiger partial charge on any atom is -0.00338 e. The van der Waals surface area contributed by atoms with Gasteiger partial charge in [-0.2, -0.15) is 0 Å². The number of allylic oxidation sites excluding steroid dienone is 4. The van der Waals surface area contributed by atoms with Gasteiger partial charge in [-0.05, 0) is 56.1 Å². The Morgan fingerprint density at radius 3 is 2.22 bits per heavy atom. The van der Waals surface area contributed by atoms with Crippen molar-refractivity contribution in [2.45, 2.75) is 92.9 Å². The van der Waals surface area contributed by atoms with Gasteiger partial charge >= 0.3 is 0 Å². The number of unbranched alkanes of at least 4 members (excludes halogenated alkanes) is 6. The molecule has 132 valence electrons. The zero-order valence-electron chi connectivity index (χ0n) is 16.7. The Labute approximate surface area is 146 Å². The third-order valence-electron chi connectivity index (χ3n) is 4.86. The molecule has 0 amide bonds. The standard InChI is InChI=1S/C23H40/c1-8-11-12-13-14-15-16-17-21(5)22(10-3)23(6,7)19-18-20(4)9-2/h9,17,19,22H,2,8,10-16H2,1,3-7H3. The van der Waals surface area contributed by atoms with E-state index in [4.69, 9.17) is 0 Å². The predicted octanol–water partition coefficient (Wildman–Crippen LogP) is 8.02. The molecule has 0 saturated heterocycles. The quantitative estimate of drug-likeness (QED) is 0.148. The van der Waals surface area contributed by atoms with Crippen molar-refractivity contribution in [2.24, 2.45) is 11.3 Å². The molecule has 0 heterocycles. The second-order valence-corrected chi connectivity index (χ2v) is 7.46. The SMILES string of the molecule is C=CC(C)=C=CC(C)(C)C(CC)C(C)=CCCCCCCCC. The third-order valence-corrected chi connectivity index (χ3v) is 4.86. The molecule has 0 spiro atoms. The fraction of sp³-hybridized carbons (Fsp3) is 0.696. The molecule has 0 aromatic heterocycles. The molecule has 0 aliphatic carbocycles. The van der Waals surface area contributed by atoms with Crippen molar-refractivity contribution in [1.29, 1.82) is 0 Å². The summed E-state index contributed by atoms with van der Waals surface area (Å²) in [7, 11) is 0. The number of hydrogen-bond acceptors (Lipinski definition) is 0. The number of rotatable bonds is 12. The summed E-state index contributed by atoms with van der Waals surface area (Å²) in [6, 6.07) is 0. The van der Waals surface area contributed by atoms with Gasteiger partial charge in [-0.25, -0.2) is 0 Å². The Morgan fingerprint density at radius 1 is 1.04 bits per heavy atom. The largest absolute Gasteiger partial charge is 0.121 e. The predicted molar refractivity (Wildman–Crippen MR) is 107 cm³/mol. The molecule has 0 N–H and O–H groups in total. The molecule has 0 heteroatoms. The van der Waals surface area contributed by atoms with Crippen molar-refractivity contribution < 1.29 is 0 Å². The summed E-state index contributed by atoms with van der Waals surface area (Å²) in [6.45, 7) is 17.4. The highest BCUT2D eigenvalue weighted by Crippen LogP contribution is 2.36. The van der Waals surface area contributed by atoms with E-state index in [0.717, 1.165) is 5.57 Å². The maximum atomic E-state index is 3.81. The Bertz CT molecular complexity index is 413. The molecule has 0 aliphatic heterocycles. The van der Waals surface area contributed by atoms with Crippen LogP contribution in [0.1, 0.15) is 92.9 Å². The van der Waals surface area contributed by atoms with Gasteiger partial charge in [-0.15, -0.1) is 5.73 Å². The van der Waals surface area contributed by atoms with Crippen LogP contribution < -0.4 is 0 Å². The van der Waals surface area contributed by atoms with Gasteiger partial charge in [-0.1, -0.05) is 84.1 Å². The smallest absolute Gasteiger partial charge is 0.00338 e. The van der Waals surface area contributed by atoms with Gasteiger partial charge in [0.25, 0.3) is 0 Å². The Hall–Kier alpha value is -1.00. The lowest BCUT2D eigenvalue weighted by atomic mass is 9.73. The molecule has 0 fully saturated rings. The lowest BCUT2D eigenvalue weighted by molar-refractivity contribution is 0.317. The van der Waals surface area contributed by atoms with E-state index in [1.54, 1.807) is 5.57 Å². The molecule has 23 heavy (non-hydrogen) atoms. The summed E-state index contributed by atoms with van der Waals surface area (Å²) >= 11 is 0. The summed E-state index contributed by atoms with van der Waals surface area (Å²) in [4.78, 5) is 0. The second kappa shape index (κ2) is 12.4. The highest BCUT2D eigenvalue weighted by Gasteiger charge is 2.26. The third kappa shape index (κ3) is 9.67. The minimum absolute atomic E-state index is 0.140. The maximum absolute atomic E-state index is 3.81. The summed E-state index contributed by atoms with van der Waals surface area (Å²) in [5, 5.41) is 0. The van der Waals surface area contributed by atoms with Crippen molar-refractivity contribution in [2.75, 3.05) is 0 Å². The van der Waals surface area contributed by atoms with Crippen LogP contribution in [0.2, 0.25) is 0 Å². The van der Waals surface area contributed by atoms with E-state index in [1.807, 2.05) is 6.08 Å². The minimum Gasteiger partial charge on any atom is -0.121 e. The Morgan fingerprint density at radius 2 is 1.65 bits per heavy atom. The van der Waals surface area contributed by atoms with Crippen molar-refractivity contribution >= 4 is 0 Å². The number of hydrogen-bond donors (Lipinski definition) is 0. The molecule has 1 unspecified atom stereocenters. The first kappa shape index (κ1) is 22.0. The van der Waals surface area contributed by atoms with E-state index in [-0.39, 0.29) is 5.41 Å². The molecular formula is C23H40. The van der Waals surface area contributed by atoms with Crippen LogP contribution in [0.25, 0.3) is 0 Å². The van der Waals surface area contributed by atoms with Crippen LogP contribution in [-0.2, 0) is 0 Å². The second-order valence-electron chi connectivity index (χ2n) is 7.46. The highest BCUT2D eigenvalue weighted by molar-refractivity contribution is 5.17. The Kier molecular flexibility index (Phi) is 11.9. The average molecular weight is 317 g/mol. The van der Waals surface area contributed by atoms with Crippen molar-refractivity contribution in [1.82, 2.24) is 0 Å². The highest BCUT2D eigenvalue weighted by atomic mass is 14.3. The van der Waals surface area contributed by atoms with Gasteiger partial charge in [0.15, 0.2) is 0 Å². The van der Waals surface area contributed by atoms with Crippen LogP contribution in [-0.4, -0.2) is 0 Å². The van der Waals surface area contributed by atoms with Crippen LogP contribution in [0.4, 0.5) is 0 Å². The van der Waals surface area contributed by atoms with E-state index in [2.05, 4.69) is 66.0 Å². The van der Waals surface area contributed by atoms with Gasteiger partial charge in [0.05, 0.1) is 0 Å². The molecule has 0 aromatic rings. The van der Waals surface area contributed by atoms with Crippen LogP contribution in [0.3, 0.4) is 0 Å². The molecular weight excluding hydrogens is 276 g/mol. The first-order chi connectivity index (χ1) is 10.9. The zero-order chi connectivity index (χ0) is 17.7. The van der Waals surface area contributed by atoms with E-state index in [0.29, 0.717) is 5.92 Å².